The largest absolute Gasteiger partial charge is 0.417 e. The number of hydrogen-bond donors (Lipinski definition) is 1. The third-order valence-corrected chi connectivity index (χ3v) is 6.68. The molecule has 28 heavy (non-hydrogen) atoms. The highest BCUT2D eigenvalue weighted by atomic mass is 19.4. The van der Waals surface area contributed by atoms with Crippen LogP contribution in [0, 0.1) is 5.82 Å². The van der Waals surface area contributed by atoms with Gasteiger partial charge in [0.1, 0.15) is 5.82 Å². The summed E-state index contributed by atoms with van der Waals surface area (Å²) in [6.45, 7) is -0.182. The topological polar surface area (TPSA) is 43.8 Å². The van der Waals surface area contributed by atoms with Crippen LogP contribution in [-0.4, -0.2) is 57.9 Å². The Kier molecular flexibility index (Phi) is 4.80. The quantitative estimate of drug-likeness (QED) is 0.723. The number of piperidine rings is 2. The molecule has 0 spiro atoms. The molecule has 3 saturated heterocycles. The lowest BCUT2D eigenvalue weighted by atomic mass is 9.85. The van der Waals surface area contributed by atoms with Crippen molar-refractivity contribution in [2.45, 2.75) is 68.3 Å². The van der Waals surface area contributed by atoms with Crippen LogP contribution in [-0.2, 0) is 0 Å². The average Bonchev–Trinajstić information content (AvgIpc) is 2.91. The highest BCUT2D eigenvalue weighted by molar-refractivity contribution is 5.76. The maximum absolute atomic E-state index is 13.2. The van der Waals surface area contributed by atoms with Crippen molar-refractivity contribution in [3.63, 3.8) is 0 Å². The van der Waals surface area contributed by atoms with Crippen LogP contribution in [0.2, 0.25) is 0 Å². The Hall–Kier alpha value is -1.83. The zero-order valence-electron chi connectivity index (χ0n) is 15.5. The van der Waals surface area contributed by atoms with Gasteiger partial charge in [-0.3, -0.25) is 0 Å². The summed E-state index contributed by atoms with van der Waals surface area (Å²) in [5, 5.41) is 9.81. The Labute approximate surface area is 161 Å². The van der Waals surface area contributed by atoms with E-state index >= 15 is 0 Å². The molecule has 0 radical (unpaired) electrons. The lowest BCUT2D eigenvalue weighted by Gasteiger charge is -2.44. The number of halogens is 4. The van der Waals surface area contributed by atoms with Gasteiger partial charge in [0.25, 0.3) is 0 Å². The molecule has 2 bridgehead atoms. The maximum atomic E-state index is 13.2. The van der Waals surface area contributed by atoms with Crippen LogP contribution >= 0.6 is 0 Å². The van der Waals surface area contributed by atoms with Crippen LogP contribution in [0.15, 0.2) is 24.3 Å². The molecule has 3 aliphatic rings. The van der Waals surface area contributed by atoms with Gasteiger partial charge in [0.05, 0.1) is 0 Å². The number of fused-ring (bicyclic) bond motifs is 2. The Balaban J connectivity index is 1.41. The summed E-state index contributed by atoms with van der Waals surface area (Å²) >= 11 is 0. The van der Waals surface area contributed by atoms with E-state index in [0.29, 0.717) is 0 Å². The number of rotatable bonds is 1. The zero-order valence-corrected chi connectivity index (χ0v) is 15.5. The summed E-state index contributed by atoms with van der Waals surface area (Å²) in [6, 6.07) is 6.39. The summed E-state index contributed by atoms with van der Waals surface area (Å²) in [4.78, 5) is 16.3. The molecule has 3 heterocycles. The van der Waals surface area contributed by atoms with E-state index < -0.39 is 24.6 Å². The van der Waals surface area contributed by atoms with Crippen LogP contribution in [0.25, 0.3) is 0 Å². The lowest BCUT2D eigenvalue weighted by Crippen LogP contribution is -2.58. The van der Waals surface area contributed by atoms with Crippen LogP contribution in [0.5, 0.6) is 0 Å². The van der Waals surface area contributed by atoms with Gasteiger partial charge in [-0.15, -0.1) is 0 Å². The van der Waals surface area contributed by atoms with Crippen LogP contribution in [0.4, 0.5) is 22.4 Å². The van der Waals surface area contributed by atoms with E-state index in [0.717, 1.165) is 31.2 Å². The molecule has 1 N–H and O–H groups in total. The molecular formula is C20H24F4N2O2. The first-order chi connectivity index (χ1) is 13.2. The number of likely N-dealkylation sites (tertiary alicyclic amines) is 1. The van der Waals surface area contributed by atoms with Gasteiger partial charge < -0.3 is 14.9 Å². The number of alkyl halides is 3. The second kappa shape index (κ2) is 6.90. The third-order valence-electron chi connectivity index (χ3n) is 6.68. The summed E-state index contributed by atoms with van der Waals surface area (Å²) in [5.41, 5.74) is -1.63. The predicted octanol–water partition coefficient (Wildman–Crippen LogP) is 4.05. The van der Waals surface area contributed by atoms with Crippen LogP contribution in [0.1, 0.15) is 50.0 Å². The minimum atomic E-state index is -4.67. The molecular weight excluding hydrogens is 376 g/mol. The van der Waals surface area contributed by atoms with Gasteiger partial charge in [-0.2, -0.15) is 13.2 Å². The number of urea groups is 1. The molecule has 2 amide bonds. The SMILES string of the molecule is O=C(N1CCC(O)(C(F)(F)F)CC1)N1[C@@H]2CC[C@H]1C[C@@H](c1ccc(F)cc1)C2. The fourth-order valence-corrected chi connectivity index (χ4v) is 5.01. The minimum absolute atomic E-state index is 0.0599. The standard InChI is InChI=1S/C20H24F4N2O2/c21-15-3-1-13(2-4-15)14-11-16-5-6-17(12-14)26(16)18(27)25-9-7-19(28,8-10-25)20(22,23)24/h1-4,14,16-17,28H,5-12H2/t14-,16+,17-. The normalized spacial score (nSPS) is 29.8. The second-order valence-corrected chi connectivity index (χ2v) is 8.31. The van der Waals surface area contributed by atoms with Gasteiger partial charge in [-0.05, 0) is 49.3 Å². The van der Waals surface area contributed by atoms with Crippen molar-refractivity contribution in [3.8, 4) is 0 Å². The number of carbonyl (C=O) groups excluding carboxylic acids is 1. The molecule has 3 aliphatic heterocycles. The van der Waals surface area contributed by atoms with E-state index in [9.17, 15) is 27.5 Å². The van der Waals surface area contributed by atoms with Crippen molar-refractivity contribution >= 4 is 6.03 Å². The molecule has 3 atom stereocenters. The Bertz CT molecular complexity index is 715. The van der Waals surface area contributed by atoms with Gasteiger partial charge in [0.2, 0.25) is 0 Å². The number of nitrogens with zero attached hydrogens (tertiary/aromatic N) is 2. The highest BCUT2D eigenvalue weighted by Gasteiger charge is 2.55. The van der Waals surface area contributed by atoms with Crippen molar-refractivity contribution in [2.24, 2.45) is 0 Å². The van der Waals surface area contributed by atoms with Gasteiger partial charge in [0, 0.05) is 38.0 Å². The van der Waals surface area contributed by atoms with Gasteiger partial charge >= 0.3 is 12.2 Å². The van der Waals surface area contributed by atoms with Gasteiger partial charge in [-0.1, -0.05) is 12.1 Å². The fraction of sp³-hybridized carbons (Fsp3) is 0.650. The second-order valence-electron chi connectivity index (χ2n) is 8.31. The van der Waals surface area contributed by atoms with E-state index in [4.69, 9.17) is 0 Å². The monoisotopic (exact) mass is 400 g/mol. The number of aliphatic hydroxyl groups is 1. The molecule has 1 aromatic rings. The van der Waals surface area contributed by atoms with Crippen molar-refractivity contribution in [1.29, 1.82) is 0 Å². The molecule has 154 valence electrons. The summed E-state index contributed by atoms with van der Waals surface area (Å²) < 4.78 is 52.1. The summed E-state index contributed by atoms with van der Waals surface area (Å²) in [6.07, 6.45) is -2.30. The number of carbonyl (C=O) groups is 1. The van der Waals surface area contributed by atoms with E-state index in [1.807, 2.05) is 4.90 Å². The molecule has 1 aromatic carbocycles. The molecule has 4 nitrogen and oxygen atoms in total. The Morgan fingerprint density at radius 2 is 1.57 bits per heavy atom. The lowest BCUT2D eigenvalue weighted by molar-refractivity contribution is -0.271. The Morgan fingerprint density at radius 1 is 1.04 bits per heavy atom. The predicted molar refractivity (Wildman–Crippen MR) is 94.2 cm³/mol. The number of hydrogen-bond acceptors (Lipinski definition) is 2. The van der Waals surface area contributed by atoms with Crippen molar-refractivity contribution in [2.75, 3.05) is 13.1 Å². The van der Waals surface area contributed by atoms with Gasteiger partial charge in [0.15, 0.2) is 5.60 Å². The van der Waals surface area contributed by atoms with E-state index in [1.54, 1.807) is 12.1 Å². The van der Waals surface area contributed by atoms with Crippen LogP contribution in [0.3, 0.4) is 0 Å². The highest BCUT2D eigenvalue weighted by Crippen LogP contribution is 2.44. The molecule has 0 saturated carbocycles. The average molecular weight is 400 g/mol. The minimum Gasteiger partial charge on any atom is -0.380 e. The molecule has 8 heteroatoms. The fourth-order valence-electron chi connectivity index (χ4n) is 5.01. The smallest absolute Gasteiger partial charge is 0.380 e. The molecule has 0 aliphatic carbocycles. The number of amides is 2. The first kappa shape index (κ1) is 19.5. The van der Waals surface area contributed by atoms with E-state index in [-0.39, 0.29) is 42.9 Å². The number of benzene rings is 1. The molecule has 0 unspecified atom stereocenters. The first-order valence-corrected chi connectivity index (χ1v) is 9.80. The zero-order chi connectivity index (χ0) is 20.1. The van der Waals surface area contributed by atoms with Crippen LogP contribution < -0.4 is 0 Å². The van der Waals surface area contributed by atoms with Crippen molar-refractivity contribution < 1.29 is 27.5 Å². The third kappa shape index (κ3) is 3.36. The van der Waals surface area contributed by atoms with E-state index in [1.165, 1.54) is 17.0 Å². The summed E-state index contributed by atoms with van der Waals surface area (Å²) in [7, 11) is 0. The van der Waals surface area contributed by atoms with Crippen molar-refractivity contribution in [1.82, 2.24) is 9.80 Å². The maximum Gasteiger partial charge on any atom is 0.417 e. The van der Waals surface area contributed by atoms with Gasteiger partial charge in [-0.25, -0.2) is 9.18 Å². The molecule has 3 fully saturated rings. The van der Waals surface area contributed by atoms with E-state index in [2.05, 4.69) is 0 Å². The Morgan fingerprint density at radius 3 is 2.07 bits per heavy atom. The van der Waals surface area contributed by atoms with Crippen molar-refractivity contribution in [3.05, 3.63) is 35.6 Å². The summed E-state index contributed by atoms with van der Waals surface area (Å²) in [5.74, 6) is -0.0120. The molecule has 0 aromatic heterocycles. The first-order valence-electron chi connectivity index (χ1n) is 9.80. The molecule has 4 rings (SSSR count).